The standard InChI is InChI=1S/C23H26FNO5/c1-11(2)30-23(28)18-13(4)25-16-10-12(3)17(22(27)29-5)21(26)20(16)19(18)14-6-8-15(24)9-7-14/h6-9,11-12,17,19,25H,10H2,1-5H3. The van der Waals surface area contributed by atoms with E-state index in [1.54, 1.807) is 32.9 Å². The van der Waals surface area contributed by atoms with Gasteiger partial charge in [0, 0.05) is 22.9 Å². The van der Waals surface area contributed by atoms with Crippen LogP contribution in [0.5, 0.6) is 0 Å². The number of ketones is 1. The van der Waals surface area contributed by atoms with Crippen molar-refractivity contribution in [3.05, 3.63) is 58.2 Å². The second kappa shape index (κ2) is 8.42. The Morgan fingerprint density at radius 2 is 1.83 bits per heavy atom. The molecule has 7 heteroatoms. The molecule has 1 heterocycles. The number of rotatable bonds is 4. The summed E-state index contributed by atoms with van der Waals surface area (Å²) >= 11 is 0. The Hall–Kier alpha value is -2.96. The summed E-state index contributed by atoms with van der Waals surface area (Å²) in [7, 11) is 1.25. The number of carbonyl (C=O) groups excluding carboxylic acids is 3. The second-order valence-electron chi connectivity index (χ2n) is 8.04. The highest BCUT2D eigenvalue weighted by Crippen LogP contribution is 2.45. The molecule has 3 rings (SSSR count). The molecule has 2 aliphatic rings. The highest BCUT2D eigenvalue weighted by atomic mass is 19.1. The van der Waals surface area contributed by atoms with Gasteiger partial charge in [0.25, 0.3) is 0 Å². The normalized spacial score (nSPS) is 23.8. The first-order chi connectivity index (χ1) is 14.1. The van der Waals surface area contributed by atoms with Gasteiger partial charge in [-0.3, -0.25) is 9.59 Å². The van der Waals surface area contributed by atoms with Gasteiger partial charge in [0.05, 0.1) is 18.8 Å². The molecule has 1 aromatic carbocycles. The topological polar surface area (TPSA) is 81.7 Å². The number of dihydropyridines is 1. The van der Waals surface area contributed by atoms with Crippen LogP contribution in [0.15, 0.2) is 46.8 Å². The monoisotopic (exact) mass is 415 g/mol. The third kappa shape index (κ3) is 3.88. The predicted octanol–water partition coefficient (Wildman–Crippen LogP) is 3.39. The molecule has 0 saturated heterocycles. The molecule has 1 aromatic rings. The van der Waals surface area contributed by atoms with Crippen molar-refractivity contribution in [3.8, 4) is 0 Å². The van der Waals surface area contributed by atoms with Crippen LogP contribution >= 0.6 is 0 Å². The number of hydrogen-bond acceptors (Lipinski definition) is 6. The van der Waals surface area contributed by atoms with Crippen molar-refractivity contribution in [3.63, 3.8) is 0 Å². The smallest absolute Gasteiger partial charge is 0.337 e. The number of allylic oxidation sites excluding steroid dienone is 3. The van der Waals surface area contributed by atoms with Crippen LogP contribution in [0, 0.1) is 17.7 Å². The lowest BCUT2D eigenvalue weighted by Crippen LogP contribution is -2.43. The number of ether oxygens (including phenoxy) is 2. The van der Waals surface area contributed by atoms with E-state index in [1.165, 1.54) is 19.2 Å². The summed E-state index contributed by atoms with van der Waals surface area (Å²) in [5.41, 5.74) is 2.43. The van der Waals surface area contributed by atoms with Gasteiger partial charge in [-0.25, -0.2) is 9.18 Å². The third-order valence-corrected chi connectivity index (χ3v) is 5.51. The molecule has 1 aliphatic carbocycles. The molecular formula is C23H26FNO5. The number of methoxy groups -OCH3 is 1. The number of benzene rings is 1. The van der Waals surface area contributed by atoms with Gasteiger partial charge in [-0.15, -0.1) is 0 Å². The fourth-order valence-corrected chi connectivity index (χ4v) is 4.22. The minimum Gasteiger partial charge on any atom is -0.468 e. The maximum Gasteiger partial charge on any atom is 0.337 e. The van der Waals surface area contributed by atoms with Gasteiger partial charge in [0.15, 0.2) is 5.78 Å². The molecule has 0 bridgehead atoms. The molecule has 0 spiro atoms. The van der Waals surface area contributed by atoms with E-state index in [2.05, 4.69) is 5.32 Å². The Morgan fingerprint density at radius 3 is 2.40 bits per heavy atom. The maximum absolute atomic E-state index is 13.6. The highest BCUT2D eigenvalue weighted by Gasteiger charge is 2.47. The molecule has 1 aliphatic heterocycles. The lowest BCUT2D eigenvalue weighted by Gasteiger charge is -2.38. The second-order valence-corrected chi connectivity index (χ2v) is 8.04. The van der Waals surface area contributed by atoms with E-state index in [9.17, 15) is 18.8 Å². The molecule has 0 amide bonds. The Kier molecular flexibility index (Phi) is 6.10. The minimum atomic E-state index is -0.959. The molecule has 0 saturated carbocycles. The quantitative estimate of drug-likeness (QED) is 0.600. The molecule has 0 aromatic heterocycles. The molecule has 3 atom stereocenters. The fraction of sp³-hybridized carbons (Fsp3) is 0.435. The molecule has 30 heavy (non-hydrogen) atoms. The summed E-state index contributed by atoms with van der Waals surface area (Å²) in [6.45, 7) is 7.04. The van der Waals surface area contributed by atoms with Gasteiger partial charge < -0.3 is 14.8 Å². The van der Waals surface area contributed by atoms with Crippen LogP contribution in [0.25, 0.3) is 0 Å². The molecule has 1 N–H and O–H groups in total. The lowest BCUT2D eigenvalue weighted by molar-refractivity contribution is -0.151. The number of halogens is 1. The number of nitrogens with one attached hydrogen (secondary N) is 1. The van der Waals surface area contributed by atoms with Crippen LogP contribution in [0.3, 0.4) is 0 Å². The summed E-state index contributed by atoms with van der Waals surface area (Å²) in [6, 6.07) is 5.66. The zero-order valence-electron chi connectivity index (χ0n) is 17.7. The average molecular weight is 415 g/mol. The van der Waals surface area contributed by atoms with Gasteiger partial charge in [-0.05, 0) is 50.8 Å². The molecule has 0 radical (unpaired) electrons. The van der Waals surface area contributed by atoms with E-state index in [0.717, 1.165) is 0 Å². The maximum atomic E-state index is 13.6. The highest BCUT2D eigenvalue weighted by molar-refractivity contribution is 6.12. The molecule has 160 valence electrons. The van der Waals surface area contributed by atoms with Crippen molar-refractivity contribution in [2.75, 3.05) is 7.11 Å². The van der Waals surface area contributed by atoms with Gasteiger partial charge in [0.1, 0.15) is 11.7 Å². The predicted molar refractivity (Wildman–Crippen MR) is 108 cm³/mol. The van der Waals surface area contributed by atoms with Crippen LogP contribution in [-0.4, -0.2) is 30.9 Å². The van der Waals surface area contributed by atoms with Crippen LogP contribution < -0.4 is 5.32 Å². The zero-order valence-corrected chi connectivity index (χ0v) is 17.7. The summed E-state index contributed by atoms with van der Waals surface area (Å²) in [5.74, 6) is -3.96. The number of hydrogen-bond donors (Lipinski definition) is 1. The van der Waals surface area contributed by atoms with E-state index in [-0.39, 0.29) is 23.4 Å². The Balaban J connectivity index is 2.17. The van der Waals surface area contributed by atoms with Crippen molar-refractivity contribution in [2.45, 2.75) is 46.1 Å². The van der Waals surface area contributed by atoms with E-state index in [1.807, 2.05) is 6.92 Å². The van der Waals surface area contributed by atoms with Gasteiger partial charge in [0.2, 0.25) is 0 Å². The zero-order chi connectivity index (χ0) is 22.2. The molecule has 6 nitrogen and oxygen atoms in total. The molecular weight excluding hydrogens is 389 g/mol. The number of esters is 2. The van der Waals surface area contributed by atoms with Crippen molar-refractivity contribution in [1.29, 1.82) is 0 Å². The first kappa shape index (κ1) is 21.7. The number of Topliss-reactive ketones (excluding diaryl/α,β-unsaturated/α-hetero) is 1. The first-order valence-electron chi connectivity index (χ1n) is 9.95. The minimum absolute atomic E-state index is 0.262. The lowest BCUT2D eigenvalue weighted by atomic mass is 9.69. The van der Waals surface area contributed by atoms with Gasteiger partial charge in [-0.2, -0.15) is 0 Å². The summed E-state index contributed by atoms with van der Waals surface area (Å²) in [6.07, 6.45) is 0.0921. The van der Waals surface area contributed by atoms with E-state index < -0.39 is 29.6 Å². The van der Waals surface area contributed by atoms with Crippen LogP contribution in [0.2, 0.25) is 0 Å². The summed E-state index contributed by atoms with van der Waals surface area (Å²) in [4.78, 5) is 38.8. The summed E-state index contributed by atoms with van der Waals surface area (Å²) < 4.78 is 23.9. The van der Waals surface area contributed by atoms with E-state index >= 15 is 0 Å². The Bertz CT molecular complexity index is 945. The van der Waals surface area contributed by atoms with E-state index in [0.29, 0.717) is 29.0 Å². The van der Waals surface area contributed by atoms with Crippen molar-refractivity contribution in [1.82, 2.24) is 5.32 Å². The van der Waals surface area contributed by atoms with Crippen LogP contribution in [0.1, 0.15) is 45.6 Å². The Morgan fingerprint density at radius 1 is 1.20 bits per heavy atom. The third-order valence-electron chi connectivity index (χ3n) is 5.51. The molecule has 0 fully saturated rings. The molecule has 3 unspecified atom stereocenters. The van der Waals surface area contributed by atoms with Crippen molar-refractivity contribution >= 4 is 17.7 Å². The van der Waals surface area contributed by atoms with Crippen molar-refractivity contribution < 1.29 is 28.2 Å². The van der Waals surface area contributed by atoms with Crippen LogP contribution in [-0.2, 0) is 23.9 Å². The van der Waals surface area contributed by atoms with Gasteiger partial charge in [-0.1, -0.05) is 19.1 Å². The fourth-order valence-electron chi connectivity index (χ4n) is 4.22. The van der Waals surface area contributed by atoms with Gasteiger partial charge >= 0.3 is 11.9 Å². The summed E-state index contributed by atoms with van der Waals surface area (Å²) in [5, 5.41) is 3.18. The Labute approximate surface area is 175 Å². The largest absolute Gasteiger partial charge is 0.468 e. The van der Waals surface area contributed by atoms with Crippen molar-refractivity contribution in [2.24, 2.45) is 11.8 Å². The van der Waals surface area contributed by atoms with Crippen LogP contribution in [0.4, 0.5) is 4.39 Å². The number of carbonyl (C=O) groups is 3. The SMILES string of the molecule is COC(=O)C1C(=O)C2=C(CC1C)NC(C)=C(C(=O)OC(C)C)C2c1ccc(F)cc1. The van der Waals surface area contributed by atoms with E-state index in [4.69, 9.17) is 9.47 Å². The average Bonchev–Trinajstić information content (AvgIpc) is 2.66. The first-order valence-corrected chi connectivity index (χ1v) is 9.95.